The molecule has 1 fully saturated rings. The number of nitrogens with one attached hydrogen (secondary N) is 1. The van der Waals surface area contributed by atoms with Crippen LogP contribution in [0.4, 0.5) is 4.79 Å². The largest absolute Gasteiger partial charge is 0.467 e. The maximum absolute atomic E-state index is 14.0. The minimum Gasteiger partial charge on any atom is -0.467 e. The molecule has 7 nitrogen and oxygen atoms in total. The van der Waals surface area contributed by atoms with Crippen molar-refractivity contribution in [2.45, 2.75) is 49.9 Å². The maximum Gasteiger partial charge on any atom is 0.408 e. The maximum atomic E-state index is 14.0. The third-order valence-electron chi connectivity index (χ3n) is 6.27. The van der Waals surface area contributed by atoms with Gasteiger partial charge in [-0.05, 0) is 30.4 Å². The van der Waals surface area contributed by atoms with E-state index in [2.05, 4.69) is 5.32 Å². The van der Waals surface area contributed by atoms with Gasteiger partial charge in [0, 0.05) is 12.5 Å². The number of hydrogen-bond donors (Lipinski definition) is 1. The van der Waals surface area contributed by atoms with E-state index in [0.29, 0.717) is 19.3 Å². The third kappa shape index (κ3) is 4.92. The Bertz CT molecular complexity index is 1020. The number of ether oxygens (including phenoxy) is 2. The summed E-state index contributed by atoms with van der Waals surface area (Å²) in [6.45, 7) is 0.0864. The Kier molecular flexibility index (Phi) is 6.77. The number of carbonyl (C=O) groups is 3. The molecule has 0 spiro atoms. The van der Waals surface area contributed by atoms with Gasteiger partial charge >= 0.3 is 12.1 Å². The Balaban J connectivity index is 1.62. The predicted octanol–water partition coefficient (Wildman–Crippen LogP) is 3.39. The first-order valence-electron chi connectivity index (χ1n) is 11.1. The van der Waals surface area contributed by atoms with Crippen LogP contribution in [-0.2, 0) is 32.1 Å². The van der Waals surface area contributed by atoms with E-state index in [1.807, 2.05) is 66.7 Å². The van der Waals surface area contributed by atoms with Crippen LogP contribution in [-0.4, -0.2) is 47.6 Å². The molecule has 0 radical (unpaired) electrons. The molecule has 2 aromatic rings. The number of amides is 2. The molecular weight excluding hydrogens is 420 g/mol. The zero-order valence-corrected chi connectivity index (χ0v) is 18.6. The van der Waals surface area contributed by atoms with Gasteiger partial charge in [0.25, 0.3) is 5.91 Å². The number of hydrogen-bond acceptors (Lipinski definition) is 5. The summed E-state index contributed by atoms with van der Waals surface area (Å²) in [5.41, 5.74) is 0.351. The van der Waals surface area contributed by atoms with Gasteiger partial charge in [-0.25, -0.2) is 9.59 Å². The molecule has 0 unspecified atom stereocenters. The van der Waals surface area contributed by atoms with E-state index in [0.717, 1.165) is 11.1 Å². The van der Waals surface area contributed by atoms with Crippen LogP contribution in [0.3, 0.4) is 0 Å². The summed E-state index contributed by atoms with van der Waals surface area (Å²) >= 11 is 0. The molecule has 2 heterocycles. The Hall–Kier alpha value is -3.61. The van der Waals surface area contributed by atoms with Crippen LogP contribution in [0.15, 0.2) is 72.8 Å². The molecule has 2 amide bonds. The molecule has 172 valence electrons. The second-order valence-electron chi connectivity index (χ2n) is 8.44. The van der Waals surface area contributed by atoms with Crippen molar-refractivity contribution in [1.29, 1.82) is 0 Å². The molecular formula is C26H28N2O5. The fourth-order valence-electron chi connectivity index (χ4n) is 4.65. The van der Waals surface area contributed by atoms with E-state index in [4.69, 9.17) is 9.47 Å². The molecule has 1 saturated heterocycles. The molecule has 2 aliphatic rings. The topological polar surface area (TPSA) is 84.9 Å². The van der Waals surface area contributed by atoms with Crippen LogP contribution in [0.5, 0.6) is 0 Å². The van der Waals surface area contributed by atoms with Gasteiger partial charge in [0.1, 0.15) is 18.2 Å². The smallest absolute Gasteiger partial charge is 0.408 e. The van der Waals surface area contributed by atoms with Crippen molar-refractivity contribution in [3.05, 3.63) is 83.9 Å². The number of alkyl carbamates (subject to hydrolysis) is 1. The molecule has 2 aliphatic heterocycles. The highest BCUT2D eigenvalue weighted by Crippen LogP contribution is 2.34. The first-order chi connectivity index (χ1) is 16.0. The molecule has 4 rings (SSSR count). The lowest BCUT2D eigenvalue weighted by Crippen LogP contribution is -2.62. The van der Waals surface area contributed by atoms with Crippen molar-refractivity contribution in [1.82, 2.24) is 10.2 Å². The third-order valence-corrected chi connectivity index (χ3v) is 6.27. The summed E-state index contributed by atoms with van der Waals surface area (Å²) in [5, 5.41) is 2.84. The normalized spacial score (nSPS) is 24.0. The fraction of sp³-hybridized carbons (Fsp3) is 0.346. The van der Waals surface area contributed by atoms with Gasteiger partial charge < -0.3 is 19.7 Å². The number of esters is 1. The van der Waals surface area contributed by atoms with E-state index in [9.17, 15) is 14.4 Å². The van der Waals surface area contributed by atoms with Crippen LogP contribution in [0.25, 0.3) is 0 Å². The number of benzene rings is 2. The Morgan fingerprint density at radius 1 is 1.03 bits per heavy atom. The molecule has 33 heavy (non-hydrogen) atoms. The van der Waals surface area contributed by atoms with Crippen LogP contribution in [0, 0.1) is 0 Å². The predicted molar refractivity (Wildman–Crippen MR) is 122 cm³/mol. The average Bonchev–Trinajstić information content (AvgIpc) is 3.21. The molecule has 0 aliphatic carbocycles. The van der Waals surface area contributed by atoms with Gasteiger partial charge in [0.15, 0.2) is 0 Å². The van der Waals surface area contributed by atoms with Gasteiger partial charge in [-0.2, -0.15) is 0 Å². The molecule has 0 bridgehead atoms. The van der Waals surface area contributed by atoms with Crippen molar-refractivity contribution in [2.24, 2.45) is 0 Å². The highest BCUT2D eigenvalue weighted by Gasteiger charge is 2.50. The summed E-state index contributed by atoms with van der Waals surface area (Å²) in [7, 11) is 1.33. The van der Waals surface area contributed by atoms with Crippen molar-refractivity contribution in [3.8, 4) is 0 Å². The van der Waals surface area contributed by atoms with E-state index < -0.39 is 23.6 Å². The standard InChI is InChI=1S/C26H28N2O5/c1-32-23(29)22-15-14-21-13-8-16-26(24(30)28(21)22,17-19-9-4-2-5-10-19)27-25(31)33-18-20-11-6-3-7-12-20/h2-12,16,21-22H,13-15,17-18H2,1H3,(H,27,31)/t21-,22-,26-/m0/s1. The quantitative estimate of drug-likeness (QED) is 0.541. The number of nitrogens with zero attached hydrogens (tertiary/aromatic N) is 1. The molecule has 3 atom stereocenters. The van der Waals surface area contributed by atoms with E-state index in [1.165, 1.54) is 7.11 Å². The Morgan fingerprint density at radius 3 is 2.36 bits per heavy atom. The lowest BCUT2D eigenvalue weighted by Gasteiger charge is -2.36. The van der Waals surface area contributed by atoms with Crippen molar-refractivity contribution in [2.75, 3.05) is 7.11 Å². The second kappa shape index (κ2) is 9.90. The van der Waals surface area contributed by atoms with Crippen LogP contribution in [0.1, 0.15) is 30.4 Å². The SMILES string of the molecule is COC(=O)[C@@H]1CC[C@@H]2CC=C[C@@](Cc3ccccc3)(NC(=O)OCc3ccccc3)C(=O)N21. The minimum atomic E-state index is -1.37. The van der Waals surface area contributed by atoms with E-state index >= 15 is 0 Å². The lowest BCUT2D eigenvalue weighted by atomic mass is 9.88. The summed E-state index contributed by atoms with van der Waals surface area (Å²) in [5.74, 6) is -0.761. The number of methoxy groups -OCH3 is 1. The summed E-state index contributed by atoms with van der Waals surface area (Å²) in [6.07, 6.45) is 5.06. The first-order valence-corrected chi connectivity index (χ1v) is 11.1. The monoisotopic (exact) mass is 448 g/mol. The van der Waals surface area contributed by atoms with Crippen molar-refractivity contribution >= 4 is 18.0 Å². The molecule has 0 saturated carbocycles. The van der Waals surface area contributed by atoms with Crippen LogP contribution in [0.2, 0.25) is 0 Å². The summed E-state index contributed by atoms with van der Waals surface area (Å²) in [6, 6.07) is 18.0. The lowest BCUT2D eigenvalue weighted by molar-refractivity contribution is -0.153. The Morgan fingerprint density at radius 2 is 1.70 bits per heavy atom. The van der Waals surface area contributed by atoms with Gasteiger partial charge in [-0.15, -0.1) is 0 Å². The van der Waals surface area contributed by atoms with Gasteiger partial charge in [0.05, 0.1) is 7.11 Å². The number of carbonyl (C=O) groups excluding carboxylic acids is 3. The molecule has 1 N–H and O–H groups in total. The number of rotatable bonds is 6. The van der Waals surface area contributed by atoms with E-state index in [1.54, 1.807) is 11.0 Å². The number of fused-ring (bicyclic) bond motifs is 1. The average molecular weight is 449 g/mol. The first kappa shape index (κ1) is 22.6. The zero-order chi connectivity index (χ0) is 23.3. The van der Waals surface area contributed by atoms with Gasteiger partial charge in [0.2, 0.25) is 0 Å². The molecule has 7 heteroatoms. The van der Waals surface area contributed by atoms with Crippen LogP contribution < -0.4 is 5.32 Å². The molecule has 0 aromatic heterocycles. The zero-order valence-electron chi connectivity index (χ0n) is 18.6. The van der Waals surface area contributed by atoms with Gasteiger partial charge in [-0.1, -0.05) is 72.8 Å². The van der Waals surface area contributed by atoms with E-state index in [-0.39, 0.29) is 25.0 Å². The van der Waals surface area contributed by atoms with Crippen LogP contribution >= 0.6 is 0 Å². The highest BCUT2D eigenvalue weighted by atomic mass is 16.5. The fourth-order valence-corrected chi connectivity index (χ4v) is 4.65. The Labute approximate surface area is 193 Å². The second-order valence-corrected chi connectivity index (χ2v) is 8.44. The van der Waals surface area contributed by atoms with Crippen molar-refractivity contribution in [3.63, 3.8) is 0 Å². The highest BCUT2D eigenvalue weighted by molar-refractivity contribution is 5.96. The van der Waals surface area contributed by atoms with Crippen molar-refractivity contribution < 1.29 is 23.9 Å². The minimum absolute atomic E-state index is 0.0864. The summed E-state index contributed by atoms with van der Waals surface area (Å²) < 4.78 is 10.4. The summed E-state index contributed by atoms with van der Waals surface area (Å²) in [4.78, 5) is 40.9. The molecule has 2 aromatic carbocycles. The van der Waals surface area contributed by atoms with Gasteiger partial charge in [-0.3, -0.25) is 4.79 Å².